The molecule has 1 aromatic rings. The average Bonchev–Trinajstić information content (AvgIpc) is 2.91. The lowest BCUT2D eigenvalue weighted by atomic mass is 9.82. The van der Waals surface area contributed by atoms with E-state index in [1.807, 2.05) is 27.7 Å². The summed E-state index contributed by atoms with van der Waals surface area (Å²) in [4.78, 5) is 11.6. The summed E-state index contributed by atoms with van der Waals surface area (Å²) < 4.78 is 13.5. The van der Waals surface area contributed by atoms with E-state index in [9.17, 15) is 4.79 Å². The van der Waals surface area contributed by atoms with Gasteiger partial charge in [0.15, 0.2) is 0 Å². The zero-order valence-electron chi connectivity index (χ0n) is 12.9. The molecular weight excluding hydrogens is 257 g/mol. The Morgan fingerprint density at radius 2 is 1.90 bits per heavy atom. The van der Waals surface area contributed by atoms with Gasteiger partial charge >= 0.3 is 7.12 Å². The van der Waals surface area contributed by atoms with Gasteiger partial charge in [-0.3, -0.25) is 9.48 Å². The van der Waals surface area contributed by atoms with Gasteiger partial charge < -0.3 is 14.6 Å². The van der Waals surface area contributed by atoms with Gasteiger partial charge in [-0.15, -0.1) is 0 Å². The third-order valence-corrected chi connectivity index (χ3v) is 4.17. The quantitative estimate of drug-likeness (QED) is 0.818. The molecule has 110 valence electrons. The lowest BCUT2D eigenvalue weighted by Crippen LogP contribution is -2.41. The standard InChI is InChI=1S/C13H22BN3O3/c1-9(11(18)15-6)17-8-10(7-16-17)14-19-12(2,3)13(4,5)20-14/h7-9H,1-6H3,(H,15,18). The Morgan fingerprint density at radius 3 is 2.40 bits per heavy atom. The summed E-state index contributed by atoms with van der Waals surface area (Å²) in [6.07, 6.45) is 3.48. The van der Waals surface area contributed by atoms with E-state index in [-0.39, 0.29) is 23.2 Å². The average molecular weight is 279 g/mol. The van der Waals surface area contributed by atoms with Crippen LogP contribution in [0.25, 0.3) is 0 Å². The highest BCUT2D eigenvalue weighted by atomic mass is 16.7. The van der Waals surface area contributed by atoms with Crippen molar-refractivity contribution < 1.29 is 14.1 Å². The Hall–Kier alpha value is -1.34. The fourth-order valence-corrected chi connectivity index (χ4v) is 1.99. The molecule has 0 radical (unpaired) electrons. The summed E-state index contributed by atoms with van der Waals surface area (Å²) >= 11 is 0. The number of carbonyl (C=O) groups is 1. The summed E-state index contributed by atoms with van der Waals surface area (Å²) in [6.45, 7) is 9.81. The Balaban J connectivity index is 2.17. The number of nitrogens with zero attached hydrogens (tertiary/aromatic N) is 2. The maximum absolute atomic E-state index is 11.6. The van der Waals surface area contributed by atoms with Crippen LogP contribution in [0.3, 0.4) is 0 Å². The summed E-state index contributed by atoms with van der Waals surface area (Å²) in [5.41, 5.74) is 0.0534. The van der Waals surface area contributed by atoms with Crippen LogP contribution in [-0.4, -0.2) is 41.1 Å². The molecule has 0 spiro atoms. The molecule has 1 aliphatic rings. The SMILES string of the molecule is CNC(=O)C(C)n1cc(B2OC(C)(C)C(C)(C)O2)cn1. The van der Waals surface area contributed by atoms with Crippen molar-refractivity contribution in [2.75, 3.05) is 7.05 Å². The third-order valence-electron chi connectivity index (χ3n) is 4.17. The molecule has 1 aromatic heterocycles. The topological polar surface area (TPSA) is 65.4 Å². The number of likely N-dealkylation sites (N-methyl/N-ethyl adjacent to an activating group) is 1. The van der Waals surface area contributed by atoms with E-state index < -0.39 is 7.12 Å². The zero-order chi connectivity index (χ0) is 15.1. The lowest BCUT2D eigenvalue weighted by molar-refractivity contribution is -0.123. The fraction of sp³-hybridized carbons (Fsp3) is 0.692. The minimum absolute atomic E-state index is 0.0893. The van der Waals surface area contributed by atoms with Gasteiger partial charge in [0.05, 0.1) is 11.2 Å². The molecule has 1 atom stereocenters. The molecule has 6 nitrogen and oxygen atoms in total. The first-order chi connectivity index (χ1) is 9.18. The molecule has 20 heavy (non-hydrogen) atoms. The smallest absolute Gasteiger partial charge is 0.399 e. The van der Waals surface area contributed by atoms with Crippen LogP contribution in [0.2, 0.25) is 0 Å². The molecule has 0 bridgehead atoms. The summed E-state index contributed by atoms with van der Waals surface area (Å²) in [5.74, 6) is -0.0893. The summed E-state index contributed by atoms with van der Waals surface area (Å²) in [5, 5.41) is 6.83. The van der Waals surface area contributed by atoms with Gasteiger partial charge in [0.2, 0.25) is 5.91 Å². The largest absolute Gasteiger partial charge is 0.498 e. The normalized spacial score (nSPS) is 21.8. The maximum Gasteiger partial charge on any atom is 0.498 e. The lowest BCUT2D eigenvalue weighted by Gasteiger charge is -2.32. The molecule has 1 aliphatic heterocycles. The first-order valence-electron chi connectivity index (χ1n) is 6.79. The first kappa shape index (κ1) is 15.1. The van der Waals surface area contributed by atoms with Gasteiger partial charge in [0, 0.05) is 24.9 Å². The molecule has 7 heteroatoms. The number of amides is 1. The van der Waals surface area contributed by atoms with Crippen molar-refractivity contribution in [3.8, 4) is 0 Å². The van der Waals surface area contributed by atoms with Gasteiger partial charge in [-0.25, -0.2) is 0 Å². The fourth-order valence-electron chi connectivity index (χ4n) is 1.99. The number of hydrogen-bond acceptors (Lipinski definition) is 4. The molecule has 1 fully saturated rings. The minimum atomic E-state index is -0.453. The number of carbonyl (C=O) groups excluding carboxylic acids is 1. The zero-order valence-corrected chi connectivity index (χ0v) is 12.9. The Kier molecular flexibility index (Phi) is 3.68. The van der Waals surface area contributed by atoms with E-state index in [2.05, 4.69) is 10.4 Å². The van der Waals surface area contributed by atoms with Crippen LogP contribution in [0.1, 0.15) is 40.7 Å². The predicted molar refractivity (Wildman–Crippen MR) is 76.7 cm³/mol. The van der Waals surface area contributed by atoms with Gasteiger partial charge in [-0.1, -0.05) is 0 Å². The van der Waals surface area contributed by atoms with Crippen LogP contribution < -0.4 is 10.8 Å². The van der Waals surface area contributed by atoms with Crippen molar-refractivity contribution in [3.05, 3.63) is 12.4 Å². The second-order valence-corrected chi connectivity index (χ2v) is 6.13. The van der Waals surface area contributed by atoms with E-state index in [4.69, 9.17) is 9.31 Å². The Morgan fingerprint density at radius 1 is 1.35 bits per heavy atom. The number of rotatable bonds is 3. The number of hydrogen-bond donors (Lipinski definition) is 1. The second-order valence-electron chi connectivity index (χ2n) is 6.13. The minimum Gasteiger partial charge on any atom is -0.399 e. The molecule has 1 amide bonds. The van der Waals surface area contributed by atoms with Gasteiger partial charge in [-0.05, 0) is 34.6 Å². The number of nitrogens with one attached hydrogen (secondary N) is 1. The van der Waals surface area contributed by atoms with Crippen LogP contribution in [-0.2, 0) is 14.1 Å². The van der Waals surface area contributed by atoms with Crippen molar-refractivity contribution >= 4 is 18.5 Å². The highest BCUT2D eigenvalue weighted by molar-refractivity contribution is 6.62. The van der Waals surface area contributed by atoms with Crippen LogP contribution in [0.4, 0.5) is 0 Å². The number of aromatic nitrogens is 2. The van der Waals surface area contributed by atoms with Crippen molar-refractivity contribution in [2.45, 2.75) is 51.9 Å². The summed E-state index contributed by atoms with van der Waals surface area (Å²) in [7, 11) is 1.16. The van der Waals surface area contributed by atoms with Gasteiger partial charge in [0.1, 0.15) is 6.04 Å². The molecular formula is C13H22BN3O3. The van der Waals surface area contributed by atoms with E-state index in [1.54, 1.807) is 31.0 Å². The van der Waals surface area contributed by atoms with Crippen LogP contribution in [0.15, 0.2) is 12.4 Å². The van der Waals surface area contributed by atoms with Crippen LogP contribution in [0.5, 0.6) is 0 Å². The third kappa shape index (κ3) is 2.47. The first-order valence-corrected chi connectivity index (χ1v) is 6.79. The van der Waals surface area contributed by atoms with Crippen molar-refractivity contribution in [1.29, 1.82) is 0 Å². The predicted octanol–water partition coefficient (Wildman–Crippen LogP) is 0.489. The summed E-state index contributed by atoms with van der Waals surface area (Å²) in [6, 6.07) is -0.365. The molecule has 1 unspecified atom stereocenters. The second kappa shape index (κ2) is 4.89. The Bertz CT molecular complexity index is 497. The van der Waals surface area contributed by atoms with Crippen LogP contribution in [0, 0.1) is 0 Å². The molecule has 1 N–H and O–H groups in total. The molecule has 0 aliphatic carbocycles. The highest BCUT2D eigenvalue weighted by Gasteiger charge is 2.52. The van der Waals surface area contributed by atoms with E-state index in [1.165, 1.54) is 0 Å². The maximum atomic E-state index is 11.6. The van der Waals surface area contributed by atoms with Gasteiger partial charge in [-0.2, -0.15) is 5.10 Å². The van der Waals surface area contributed by atoms with Crippen LogP contribution >= 0.6 is 0 Å². The Labute approximate surface area is 120 Å². The highest BCUT2D eigenvalue weighted by Crippen LogP contribution is 2.36. The van der Waals surface area contributed by atoms with Crippen molar-refractivity contribution in [2.24, 2.45) is 0 Å². The van der Waals surface area contributed by atoms with Crippen molar-refractivity contribution in [3.63, 3.8) is 0 Å². The molecule has 2 rings (SSSR count). The van der Waals surface area contributed by atoms with Gasteiger partial charge in [0.25, 0.3) is 0 Å². The van der Waals surface area contributed by atoms with E-state index in [0.717, 1.165) is 5.46 Å². The monoisotopic (exact) mass is 279 g/mol. The molecule has 1 saturated heterocycles. The molecule has 0 aromatic carbocycles. The van der Waals surface area contributed by atoms with E-state index >= 15 is 0 Å². The van der Waals surface area contributed by atoms with Crippen molar-refractivity contribution in [1.82, 2.24) is 15.1 Å². The van der Waals surface area contributed by atoms with E-state index in [0.29, 0.717) is 0 Å². The molecule has 0 saturated carbocycles. The molecule has 2 heterocycles.